The van der Waals surface area contributed by atoms with E-state index in [4.69, 9.17) is 9.31 Å². The Morgan fingerprint density at radius 3 is 1.80 bits per heavy atom. The summed E-state index contributed by atoms with van der Waals surface area (Å²) in [5.74, 6) is 0. The van der Waals surface area contributed by atoms with Crippen LogP contribution in [0.1, 0.15) is 20.8 Å². The molecule has 1 unspecified atom stereocenters. The average Bonchev–Trinajstić information content (AvgIpc) is 1.73. The maximum absolute atomic E-state index is 5.48. The van der Waals surface area contributed by atoms with E-state index < -0.39 is 5.60 Å². The molecule has 0 N–H and O–H groups in total. The smallest absolute Gasteiger partial charge is 0.399 e. The second kappa shape index (κ2) is 1.92. The van der Waals surface area contributed by atoms with Gasteiger partial charge in [-0.05, 0) is 20.7 Å². The molecule has 0 spiro atoms. The van der Waals surface area contributed by atoms with Gasteiger partial charge in [-0.15, -0.1) is 0 Å². The lowest BCUT2D eigenvalue weighted by molar-refractivity contribution is 0.0262. The van der Waals surface area contributed by atoms with E-state index in [2.05, 4.69) is 6.92 Å². The van der Waals surface area contributed by atoms with E-state index in [9.17, 15) is 0 Å². The molecule has 0 aromatic heterocycles. The molecule has 56 valence electrons. The Kier molecular flexibility index (Phi) is 1.53. The van der Waals surface area contributed by atoms with Gasteiger partial charge in [-0.2, -0.15) is 0 Å². The minimum atomic E-state index is -0.410. The zero-order chi connectivity index (χ0) is 7.99. The zero-order valence-corrected chi connectivity index (χ0v) is 7.10. The molecule has 0 aromatic rings. The largest absolute Gasteiger partial charge is 0.457 e. The summed E-state index contributed by atoms with van der Waals surface area (Å²) in [7, 11) is -0.127. The zero-order valence-electron chi connectivity index (χ0n) is 7.10. The fourth-order valence-corrected chi connectivity index (χ4v) is 1.07. The van der Waals surface area contributed by atoms with E-state index in [1.807, 2.05) is 27.6 Å². The molecule has 0 saturated carbocycles. The van der Waals surface area contributed by atoms with E-state index in [0.29, 0.717) is 0 Å². The summed E-state index contributed by atoms with van der Waals surface area (Å²) < 4.78 is 10.9. The van der Waals surface area contributed by atoms with E-state index in [1.54, 1.807) is 0 Å². The van der Waals surface area contributed by atoms with Gasteiger partial charge >= 0.3 is 7.12 Å². The van der Waals surface area contributed by atoms with Crippen molar-refractivity contribution in [2.45, 2.75) is 38.8 Å². The Morgan fingerprint density at radius 1 is 1.20 bits per heavy atom. The summed E-state index contributed by atoms with van der Waals surface area (Å²) in [6.45, 7) is 11.7. The van der Waals surface area contributed by atoms with Gasteiger partial charge in [-0.1, -0.05) is 0 Å². The molecule has 1 aliphatic rings. The van der Waals surface area contributed by atoms with Crippen LogP contribution in [0.4, 0.5) is 0 Å². The van der Waals surface area contributed by atoms with Crippen molar-refractivity contribution in [3.8, 4) is 0 Å². The Morgan fingerprint density at radius 2 is 1.70 bits per heavy atom. The van der Waals surface area contributed by atoms with Gasteiger partial charge in [-0.3, -0.25) is 0 Å². The van der Waals surface area contributed by atoms with Crippen LogP contribution in [0.2, 0.25) is 6.82 Å². The number of hydrogen-bond acceptors (Lipinski definition) is 2. The molecular formula is C7H14BO2+. The summed E-state index contributed by atoms with van der Waals surface area (Å²) in [5, 5.41) is 0. The minimum absolute atomic E-state index is 0.127. The summed E-state index contributed by atoms with van der Waals surface area (Å²) in [4.78, 5) is 0. The molecule has 0 radical (unpaired) electrons. The minimum Gasteiger partial charge on any atom is -0.399 e. The Hall–Kier alpha value is -0.145. The van der Waals surface area contributed by atoms with E-state index in [0.717, 1.165) is 0 Å². The van der Waals surface area contributed by atoms with Crippen LogP contribution in [0.5, 0.6) is 0 Å². The van der Waals surface area contributed by atoms with Crippen LogP contribution < -0.4 is 0 Å². The molecule has 0 amide bonds. The SMILES string of the molecule is [CH2+]C1(C)OB(C)OC1(C)C. The van der Waals surface area contributed by atoms with Crippen LogP contribution in [0.25, 0.3) is 0 Å². The highest BCUT2D eigenvalue weighted by atomic mass is 16.7. The standard InChI is InChI=1S/C7H14BO2/c1-6(2)7(3,4)10-8(5)9-6/h1H2,2-5H3/q+1. The van der Waals surface area contributed by atoms with Crippen molar-refractivity contribution in [1.29, 1.82) is 0 Å². The number of hydrogen-bond donors (Lipinski definition) is 0. The quantitative estimate of drug-likeness (QED) is 0.376. The Labute approximate surface area is 63.0 Å². The van der Waals surface area contributed by atoms with Crippen molar-refractivity contribution in [3.63, 3.8) is 0 Å². The molecule has 1 atom stereocenters. The van der Waals surface area contributed by atoms with Gasteiger partial charge < -0.3 is 9.31 Å². The molecule has 10 heavy (non-hydrogen) atoms. The molecule has 1 saturated heterocycles. The fraction of sp³-hybridized carbons (Fsp3) is 0.857. The van der Waals surface area contributed by atoms with E-state index in [1.165, 1.54) is 0 Å². The molecule has 1 aliphatic heterocycles. The Balaban J connectivity index is 2.78. The third kappa shape index (κ3) is 1.04. The predicted molar refractivity (Wildman–Crippen MR) is 41.6 cm³/mol. The first kappa shape index (κ1) is 7.96. The molecule has 0 bridgehead atoms. The van der Waals surface area contributed by atoms with Crippen LogP contribution in [-0.4, -0.2) is 18.3 Å². The number of rotatable bonds is 0. The second-order valence-electron chi connectivity index (χ2n) is 3.54. The third-order valence-electron chi connectivity index (χ3n) is 2.16. The Bertz CT molecular complexity index is 127. The molecule has 1 fully saturated rings. The molecular weight excluding hydrogens is 127 g/mol. The molecule has 0 aromatic carbocycles. The highest BCUT2D eigenvalue weighted by molar-refractivity contribution is 6.43. The van der Waals surface area contributed by atoms with Crippen LogP contribution in [0, 0.1) is 6.92 Å². The van der Waals surface area contributed by atoms with Crippen molar-refractivity contribution in [1.82, 2.24) is 0 Å². The summed E-state index contributed by atoms with van der Waals surface area (Å²) in [6.07, 6.45) is 0. The summed E-state index contributed by atoms with van der Waals surface area (Å²) >= 11 is 0. The molecule has 0 aliphatic carbocycles. The van der Waals surface area contributed by atoms with Crippen LogP contribution in [0.15, 0.2) is 0 Å². The monoisotopic (exact) mass is 141 g/mol. The van der Waals surface area contributed by atoms with Crippen LogP contribution in [-0.2, 0) is 9.31 Å². The van der Waals surface area contributed by atoms with Crippen molar-refractivity contribution in [2.24, 2.45) is 0 Å². The van der Waals surface area contributed by atoms with Gasteiger partial charge in [0, 0.05) is 6.92 Å². The highest BCUT2D eigenvalue weighted by Crippen LogP contribution is 2.35. The first-order valence-electron chi connectivity index (χ1n) is 3.56. The molecule has 1 heterocycles. The van der Waals surface area contributed by atoms with Gasteiger partial charge in [-0.25, -0.2) is 0 Å². The predicted octanol–water partition coefficient (Wildman–Crippen LogP) is 1.52. The van der Waals surface area contributed by atoms with Gasteiger partial charge in [0.05, 0.1) is 6.92 Å². The molecule has 2 nitrogen and oxygen atoms in total. The lowest BCUT2D eigenvalue weighted by Crippen LogP contribution is -2.42. The van der Waals surface area contributed by atoms with Crippen molar-refractivity contribution >= 4 is 7.12 Å². The van der Waals surface area contributed by atoms with Gasteiger partial charge in [0.25, 0.3) is 0 Å². The van der Waals surface area contributed by atoms with Gasteiger partial charge in [0.1, 0.15) is 5.60 Å². The second-order valence-corrected chi connectivity index (χ2v) is 3.54. The lowest BCUT2D eigenvalue weighted by atomic mass is 9.90. The van der Waals surface area contributed by atoms with E-state index >= 15 is 0 Å². The lowest BCUT2D eigenvalue weighted by Gasteiger charge is -2.25. The van der Waals surface area contributed by atoms with Gasteiger partial charge in [0.2, 0.25) is 5.60 Å². The van der Waals surface area contributed by atoms with Crippen LogP contribution in [0.3, 0.4) is 0 Å². The maximum atomic E-state index is 5.48. The average molecular weight is 141 g/mol. The summed E-state index contributed by atoms with van der Waals surface area (Å²) in [5.41, 5.74) is -0.682. The third-order valence-corrected chi connectivity index (χ3v) is 2.16. The first-order valence-corrected chi connectivity index (χ1v) is 3.56. The first-order chi connectivity index (χ1) is 4.35. The van der Waals surface area contributed by atoms with E-state index in [-0.39, 0.29) is 12.7 Å². The van der Waals surface area contributed by atoms with Crippen molar-refractivity contribution in [3.05, 3.63) is 6.92 Å². The van der Waals surface area contributed by atoms with Crippen molar-refractivity contribution < 1.29 is 9.31 Å². The normalized spacial score (nSPS) is 38.6. The fourth-order valence-electron chi connectivity index (χ4n) is 1.07. The van der Waals surface area contributed by atoms with Crippen molar-refractivity contribution in [2.75, 3.05) is 0 Å². The maximum Gasteiger partial charge on any atom is 0.457 e. The van der Waals surface area contributed by atoms with Gasteiger partial charge in [0.15, 0.2) is 0 Å². The molecule has 3 heteroatoms. The summed E-state index contributed by atoms with van der Waals surface area (Å²) in [6, 6.07) is 0. The van der Waals surface area contributed by atoms with Crippen LogP contribution >= 0.6 is 0 Å². The molecule has 1 rings (SSSR count). The highest BCUT2D eigenvalue weighted by Gasteiger charge is 2.54. The topological polar surface area (TPSA) is 18.5 Å².